The predicted octanol–water partition coefficient (Wildman–Crippen LogP) is 2.64. The van der Waals surface area contributed by atoms with Gasteiger partial charge in [0.1, 0.15) is 10.0 Å². The molecule has 1 heterocycles. The van der Waals surface area contributed by atoms with E-state index in [1.807, 2.05) is 0 Å². The van der Waals surface area contributed by atoms with E-state index in [-0.39, 0.29) is 20.6 Å². The van der Waals surface area contributed by atoms with Gasteiger partial charge in [-0.25, -0.2) is 12.8 Å². The molecule has 0 radical (unpaired) electrons. The predicted molar refractivity (Wildman–Crippen MR) is 77.7 cm³/mol. The van der Waals surface area contributed by atoms with Crippen molar-refractivity contribution >= 4 is 37.7 Å². The van der Waals surface area contributed by atoms with Crippen LogP contribution in [-0.4, -0.2) is 20.4 Å². The highest BCUT2D eigenvalue weighted by Crippen LogP contribution is 2.37. The maximum Gasteiger partial charge on any atom is 0.304 e. The number of hydrogen-bond donors (Lipinski definition) is 2. The van der Waals surface area contributed by atoms with Crippen molar-refractivity contribution in [2.75, 3.05) is 17.1 Å². The summed E-state index contributed by atoms with van der Waals surface area (Å²) in [5.41, 5.74) is -0.573. The molecule has 0 saturated carbocycles. The van der Waals surface area contributed by atoms with Gasteiger partial charge in [-0.2, -0.15) is 0 Å². The first-order chi connectivity index (χ1) is 9.85. The van der Waals surface area contributed by atoms with E-state index in [2.05, 4.69) is 10.0 Å². The van der Waals surface area contributed by atoms with Gasteiger partial charge in [-0.05, 0) is 12.1 Å². The van der Waals surface area contributed by atoms with Crippen LogP contribution in [0.15, 0.2) is 34.5 Å². The molecule has 10 heteroatoms. The number of nitro groups is 1. The summed E-state index contributed by atoms with van der Waals surface area (Å²) in [7, 11) is -2.65. The third kappa shape index (κ3) is 3.11. The Morgan fingerprint density at radius 2 is 2.00 bits per heavy atom. The molecule has 2 N–H and O–H groups in total. The van der Waals surface area contributed by atoms with Gasteiger partial charge in [-0.15, -0.1) is 0 Å². The van der Waals surface area contributed by atoms with Crippen molar-refractivity contribution in [1.29, 1.82) is 0 Å². The molecule has 0 fully saturated rings. The number of hydrogen-bond acceptors (Lipinski definition) is 6. The summed E-state index contributed by atoms with van der Waals surface area (Å²) >= 11 is 0.694. The van der Waals surface area contributed by atoms with Crippen LogP contribution in [0, 0.1) is 15.9 Å². The highest BCUT2D eigenvalue weighted by molar-refractivity contribution is 7.94. The fourth-order valence-electron chi connectivity index (χ4n) is 1.55. The summed E-state index contributed by atoms with van der Waals surface area (Å²) in [6.45, 7) is 0. The lowest BCUT2D eigenvalue weighted by atomic mass is 10.3. The molecule has 0 bridgehead atoms. The van der Waals surface area contributed by atoms with Gasteiger partial charge in [0.25, 0.3) is 10.0 Å². The second kappa shape index (κ2) is 5.66. The van der Waals surface area contributed by atoms with Gasteiger partial charge in [-0.1, -0.05) is 23.5 Å². The standard InChI is InChI=1S/C11H10FN3O4S2/c1-13-11-9(15(16)17)6-10(20-11)21(18,19)14-8-5-3-2-4-7(8)12/h2-6,13-14H,1H3. The SMILES string of the molecule is CNc1sc(S(=O)(=O)Nc2ccccc2F)cc1[N+](=O)[O-]. The molecule has 0 aliphatic rings. The third-order valence-electron chi connectivity index (χ3n) is 2.50. The zero-order valence-corrected chi connectivity index (χ0v) is 12.3. The number of nitrogens with zero attached hydrogens (tertiary/aromatic N) is 1. The summed E-state index contributed by atoms with van der Waals surface area (Å²) in [5, 5.41) is 13.5. The molecule has 0 amide bonds. The monoisotopic (exact) mass is 331 g/mol. The Hall–Kier alpha value is -2.20. The lowest BCUT2D eigenvalue weighted by molar-refractivity contribution is -0.383. The minimum atomic E-state index is -4.10. The molecule has 0 aliphatic carbocycles. The molecule has 0 aliphatic heterocycles. The van der Waals surface area contributed by atoms with Gasteiger partial charge in [0.15, 0.2) is 5.00 Å². The average molecular weight is 331 g/mol. The third-order valence-corrected chi connectivity index (χ3v) is 5.48. The highest BCUT2D eigenvalue weighted by atomic mass is 32.2. The van der Waals surface area contributed by atoms with Crippen LogP contribution in [0.1, 0.15) is 0 Å². The number of nitrogens with one attached hydrogen (secondary N) is 2. The first-order valence-electron chi connectivity index (χ1n) is 5.58. The maximum absolute atomic E-state index is 13.5. The Kier molecular flexibility index (Phi) is 4.09. The van der Waals surface area contributed by atoms with Gasteiger partial charge in [0, 0.05) is 13.1 Å². The number of halogens is 1. The van der Waals surface area contributed by atoms with Gasteiger partial charge >= 0.3 is 5.69 Å². The second-order valence-electron chi connectivity index (χ2n) is 3.87. The number of anilines is 2. The van der Waals surface area contributed by atoms with E-state index in [1.54, 1.807) is 0 Å². The van der Waals surface area contributed by atoms with E-state index >= 15 is 0 Å². The Balaban J connectivity index is 2.41. The van der Waals surface area contributed by atoms with Crippen LogP contribution < -0.4 is 10.0 Å². The van der Waals surface area contributed by atoms with E-state index in [9.17, 15) is 22.9 Å². The minimum Gasteiger partial charge on any atom is -0.374 e. The summed E-state index contributed by atoms with van der Waals surface area (Å²) in [4.78, 5) is 10.1. The fourth-order valence-corrected chi connectivity index (χ4v) is 3.89. The molecular formula is C11H10FN3O4S2. The first kappa shape index (κ1) is 15.2. The van der Waals surface area contributed by atoms with Crippen molar-refractivity contribution in [3.8, 4) is 0 Å². The van der Waals surface area contributed by atoms with Crippen molar-refractivity contribution in [1.82, 2.24) is 0 Å². The molecule has 1 aromatic carbocycles. The van der Waals surface area contributed by atoms with E-state index in [4.69, 9.17) is 0 Å². The van der Waals surface area contributed by atoms with Crippen molar-refractivity contribution in [2.24, 2.45) is 0 Å². The van der Waals surface area contributed by atoms with Gasteiger partial charge in [-0.3, -0.25) is 14.8 Å². The Morgan fingerprint density at radius 3 is 2.52 bits per heavy atom. The van der Waals surface area contributed by atoms with Crippen LogP contribution in [0.3, 0.4) is 0 Å². The molecule has 2 rings (SSSR count). The van der Waals surface area contributed by atoms with Crippen molar-refractivity contribution in [2.45, 2.75) is 4.21 Å². The van der Waals surface area contributed by atoms with Crippen molar-refractivity contribution < 1.29 is 17.7 Å². The molecule has 21 heavy (non-hydrogen) atoms. The number of thiophene rings is 1. The summed E-state index contributed by atoms with van der Waals surface area (Å²) < 4.78 is 39.5. The number of sulfonamides is 1. The van der Waals surface area contributed by atoms with E-state index in [0.717, 1.165) is 12.1 Å². The van der Waals surface area contributed by atoms with E-state index in [1.165, 1.54) is 25.2 Å². The molecule has 2 aromatic rings. The Morgan fingerprint density at radius 1 is 1.33 bits per heavy atom. The quantitative estimate of drug-likeness (QED) is 0.648. The summed E-state index contributed by atoms with van der Waals surface area (Å²) in [6.07, 6.45) is 0. The largest absolute Gasteiger partial charge is 0.374 e. The van der Waals surface area contributed by atoms with Crippen LogP contribution in [0.4, 0.5) is 20.8 Å². The average Bonchev–Trinajstić information content (AvgIpc) is 2.86. The van der Waals surface area contributed by atoms with Crippen LogP contribution in [0.2, 0.25) is 0 Å². The maximum atomic E-state index is 13.5. The molecular weight excluding hydrogens is 321 g/mol. The zero-order valence-electron chi connectivity index (χ0n) is 10.7. The lowest BCUT2D eigenvalue weighted by Gasteiger charge is -2.06. The summed E-state index contributed by atoms with van der Waals surface area (Å²) in [5.74, 6) is -0.735. The number of para-hydroxylation sites is 1. The first-order valence-corrected chi connectivity index (χ1v) is 7.88. The highest BCUT2D eigenvalue weighted by Gasteiger charge is 2.26. The second-order valence-corrected chi connectivity index (χ2v) is 6.83. The van der Waals surface area contributed by atoms with E-state index in [0.29, 0.717) is 11.3 Å². The molecule has 7 nitrogen and oxygen atoms in total. The fraction of sp³-hybridized carbons (Fsp3) is 0.0909. The number of rotatable bonds is 5. The van der Waals surface area contributed by atoms with Crippen LogP contribution in [-0.2, 0) is 10.0 Å². The molecule has 112 valence electrons. The van der Waals surface area contributed by atoms with Crippen molar-refractivity contribution in [3.63, 3.8) is 0 Å². The van der Waals surface area contributed by atoms with Gasteiger partial charge in [0.2, 0.25) is 0 Å². The Labute approximate surface area is 123 Å². The van der Waals surface area contributed by atoms with Crippen LogP contribution in [0.5, 0.6) is 0 Å². The Bertz CT molecular complexity index is 789. The topological polar surface area (TPSA) is 101 Å². The molecule has 0 atom stereocenters. The van der Waals surface area contributed by atoms with Gasteiger partial charge in [0.05, 0.1) is 10.6 Å². The van der Waals surface area contributed by atoms with Crippen LogP contribution >= 0.6 is 11.3 Å². The molecule has 0 unspecified atom stereocenters. The molecule has 0 spiro atoms. The van der Waals surface area contributed by atoms with E-state index < -0.39 is 20.8 Å². The van der Waals surface area contributed by atoms with Crippen molar-refractivity contribution in [3.05, 3.63) is 46.3 Å². The minimum absolute atomic E-state index is 0.105. The summed E-state index contributed by atoms with van der Waals surface area (Å²) in [6, 6.07) is 6.18. The van der Waals surface area contributed by atoms with Gasteiger partial charge < -0.3 is 5.32 Å². The molecule has 0 saturated heterocycles. The molecule has 1 aromatic heterocycles. The smallest absolute Gasteiger partial charge is 0.304 e. The normalized spacial score (nSPS) is 11.1. The van der Waals surface area contributed by atoms with Crippen LogP contribution in [0.25, 0.3) is 0 Å². The number of benzene rings is 1. The lowest BCUT2D eigenvalue weighted by Crippen LogP contribution is -2.12. The zero-order chi connectivity index (χ0) is 15.6.